The van der Waals surface area contributed by atoms with Gasteiger partial charge >= 0.3 is 0 Å². The zero-order chi connectivity index (χ0) is 16.8. The second-order valence-corrected chi connectivity index (χ2v) is 7.52. The minimum absolute atomic E-state index is 0.0468. The minimum atomic E-state index is -0.0468. The van der Waals surface area contributed by atoms with E-state index >= 15 is 0 Å². The van der Waals surface area contributed by atoms with E-state index in [9.17, 15) is 0 Å². The molecule has 122 valence electrons. The molecule has 1 saturated heterocycles. The van der Waals surface area contributed by atoms with Crippen LogP contribution < -0.4 is 10.6 Å². The van der Waals surface area contributed by atoms with Gasteiger partial charge in [-0.15, -0.1) is 0 Å². The van der Waals surface area contributed by atoms with Crippen molar-refractivity contribution in [2.75, 3.05) is 23.7 Å². The molecule has 1 aromatic carbocycles. The fraction of sp³-hybridized carbons (Fsp3) is 0.353. The Morgan fingerprint density at radius 3 is 2.43 bits per heavy atom. The molecule has 2 heterocycles. The first kappa shape index (κ1) is 16.7. The first-order valence-electron chi connectivity index (χ1n) is 7.43. The lowest BCUT2D eigenvalue weighted by atomic mass is 9.82. The van der Waals surface area contributed by atoms with Crippen LogP contribution in [0.4, 0.5) is 11.5 Å². The monoisotopic (exact) mass is 369 g/mol. The molecule has 1 aliphatic rings. The second kappa shape index (κ2) is 6.04. The summed E-state index contributed by atoms with van der Waals surface area (Å²) in [4.78, 5) is 6.86. The van der Waals surface area contributed by atoms with E-state index in [1.807, 2.05) is 31.2 Å². The van der Waals surface area contributed by atoms with Gasteiger partial charge in [-0.1, -0.05) is 41.7 Å². The Morgan fingerprint density at radius 1 is 1.17 bits per heavy atom. The lowest BCUT2D eigenvalue weighted by Gasteiger charge is -2.26. The van der Waals surface area contributed by atoms with Crippen molar-refractivity contribution in [3.8, 4) is 0 Å². The van der Waals surface area contributed by atoms with E-state index in [1.165, 1.54) is 0 Å². The zero-order valence-corrected chi connectivity index (χ0v) is 15.3. The number of halogens is 3. The summed E-state index contributed by atoms with van der Waals surface area (Å²) in [5.41, 5.74) is 8.48. The van der Waals surface area contributed by atoms with Crippen LogP contribution in [-0.4, -0.2) is 18.1 Å². The van der Waals surface area contributed by atoms with Crippen molar-refractivity contribution in [1.29, 1.82) is 0 Å². The summed E-state index contributed by atoms with van der Waals surface area (Å²) >= 11 is 18.5. The number of aromatic nitrogens is 1. The summed E-state index contributed by atoms with van der Waals surface area (Å²) < 4.78 is 0. The maximum Gasteiger partial charge on any atom is 0.128 e. The van der Waals surface area contributed by atoms with Crippen LogP contribution in [0.25, 0.3) is 0 Å². The van der Waals surface area contributed by atoms with Crippen LogP contribution in [0.2, 0.25) is 15.1 Å². The number of anilines is 2. The highest BCUT2D eigenvalue weighted by Crippen LogP contribution is 2.41. The number of nitrogens with two attached hydrogens (primary N) is 1. The van der Waals surface area contributed by atoms with E-state index in [0.29, 0.717) is 20.8 Å². The molecule has 6 heteroatoms. The molecule has 1 aromatic heterocycles. The Balaban J connectivity index is 1.89. The molecule has 3 nitrogen and oxygen atoms in total. The Kier molecular flexibility index (Phi) is 4.39. The summed E-state index contributed by atoms with van der Waals surface area (Å²) in [6, 6.07) is 7.71. The van der Waals surface area contributed by atoms with Gasteiger partial charge < -0.3 is 10.6 Å². The highest BCUT2D eigenvalue weighted by Gasteiger charge is 2.36. The van der Waals surface area contributed by atoms with Crippen molar-refractivity contribution >= 4 is 46.3 Å². The van der Waals surface area contributed by atoms with E-state index in [0.717, 1.165) is 36.6 Å². The molecular formula is C17H18Cl3N3. The van der Waals surface area contributed by atoms with Gasteiger partial charge in [0.15, 0.2) is 0 Å². The lowest BCUT2D eigenvalue weighted by molar-refractivity contribution is 0.531. The molecule has 3 rings (SSSR count). The van der Waals surface area contributed by atoms with E-state index in [1.54, 1.807) is 0 Å². The number of nitrogens with zero attached hydrogens (tertiary/aromatic N) is 2. The molecule has 1 atom stereocenters. The van der Waals surface area contributed by atoms with Crippen LogP contribution in [0.1, 0.15) is 24.6 Å². The molecule has 1 fully saturated rings. The number of hydrogen-bond donors (Lipinski definition) is 1. The zero-order valence-electron chi connectivity index (χ0n) is 13.0. The SMILES string of the molecule is Cc1nc(N2CCC(C)(c3cc(Cl)c(Cl)c(Cl)c3)C2)ccc1N. The van der Waals surface area contributed by atoms with Crippen molar-refractivity contribution in [2.45, 2.75) is 25.7 Å². The fourth-order valence-electron chi connectivity index (χ4n) is 3.03. The predicted octanol–water partition coefficient (Wildman–Crippen LogP) is 5.10. The Hall–Kier alpha value is -1.16. The predicted molar refractivity (Wildman–Crippen MR) is 99.0 cm³/mol. The fourth-order valence-corrected chi connectivity index (χ4v) is 3.63. The highest BCUT2D eigenvalue weighted by atomic mass is 35.5. The van der Waals surface area contributed by atoms with Crippen LogP contribution in [0.5, 0.6) is 0 Å². The highest BCUT2D eigenvalue weighted by molar-refractivity contribution is 6.48. The normalized spacial score (nSPS) is 21.0. The number of benzene rings is 1. The summed E-state index contributed by atoms with van der Waals surface area (Å²) in [6.07, 6.45) is 0.992. The standard InChI is InChI=1S/C17H18Cl3N3/c1-10-14(21)3-4-15(22-10)23-6-5-17(2,9-23)11-7-12(18)16(20)13(19)8-11/h3-4,7-8H,5-6,9,21H2,1-2H3. The van der Waals surface area contributed by atoms with Gasteiger partial charge in [0.2, 0.25) is 0 Å². The van der Waals surface area contributed by atoms with Gasteiger partial charge in [0.1, 0.15) is 5.82 Å². The third-order valence-corrected chi connectivity index (χ3v) is 5.79. The van der Waals surface area contributed by atoms with E-state index in [4.69, 9.17) is 40.5 Å². The summed E-state index contributed by atoms with van der Waals surface area (Å²) in [6.45, 7) is 5.91. The van der Waals surface area contributed by atoms with E-state index < -0.39 is 0 Å². The number of hydrogen-bond acceptors (Lipinski definition) is 3. The van der Waals surface area contributed by atoms with Crippen LogP contribution in [0, 0.1) is 6.92 Å². The van der Waals surface area contributed by atoms with Gasteiger partial charge in [0.05, 0.1) is 26.4 Å². The smallest absolute Gasteiger partial charge is 0.128 e. The van der Waals surface area contributed by atoms with Crippen LogP contribution in [-0.2, 0) is 5.41 Å². The maximum atomic E-state index is 6.19. The number of pyridine rings is 1. The quantitative estimate of drug-likeness (QED) is 0.748. The average Bonchev–Trinajstić information content (AvgIpc) is 2.91. The number of aryl methyl sites for hydroxylation is 1. The minimum Gasteiger partial charge on any atom is -0.397 e. The average molecular weight is 371 g/mol. The molecule has 2 N–H and O–H groups in total. The third-order valence-electron chi connectivity index (χ3n) is 4.59. The van der Waals surface area contributed by atoms with Crippen molar-refractivity contribution < 1.29 is 0 Å². The molecule has 1 unspecified atom stereocenters. The third kappa shape index (κ3) is 3.10. The van der Waals surface area contributed by atoms with Gasteiger partial charge in [-0.3, -0.25) is 0 Å². The van der Waals surface area contributed by atoms with Crippen LogP contribution in [0.3, 0.4) is 0 Å². The molecule has 0 spiro atoms. The number of nitrogen functional groups attached to an aromatic ring is 1. The molecular weight excluding hydrogens is 353 g/mol. The number of rotatable bonds is 2. The summed E-state index contributed by atoms with van der Waals surface area (Å²) in [7, 11) is 0. The molecule has 0 amide bonds. The first-order valence-corrected chi connectivity index (χ1v) is 8.57. The van der Waals surface area contributed by atoms with Crippen molar-refractivity contribution in [2.24, 2.45) is 0 Å². The topological polar surface area (TPSA) is 42.2 Å². The molecule has 0 aliphatic carbocycles. The van der Waals surface area contributed by atoms with E-state index in [-0.39, 0.29) is 5.41 Å². The molecule has 1 aliphatic heterocycles. The van der Waals surface area contributed by atoms with Crippen molar-refractivity contribution in [1.82, 2.24) is 4.98 Å². The Morgan fingerprint density at radius 2 is 1.83 bits per heavy atom. The summed E-state index contributed by atoms with van der Waals surface area (Å²) in [5, 5.41) is 1.40. The van der Waals surface area contributed by atoms with Gasteiger partial charge in [0.25, 0.3) is 0 Å². The molecule has 0 saturated carbocycles. The van der Waals surface area contributed by atoms with Gasteiger partial charge in [-0.2, -0.15) is 0 Å². The Bertz CT molecular complexity index is 740. The van der Waals surface area contributed by atoms with Crippen molar-refractivity contribution in [3.05, 3.63) is 50.6 Å². The lowest BCUT2D eigenvalue weighted by Crippen LogP contribution is -2.28. The van der Waals surface area contributed by atoms with Crippen LogP contribution in [0.15, 0.2) is 24.3 Å². The maximum absolute atomic E-state index is 6.19. The van der Waals surface area contributed by atoms with Gasteiger partial charge in [0, 0.05) is 18.5 Å². The van der Waals surface area contributed by atoms with Gasteiger partial charge in [-0.25, -0.2) is 4.98 Å². The largest absolute Gasteiger partial charge is 0.397 e. The summed E-state index contributed by atoms with van der Waals surface area (Å²) in [5.74, 6) is 0.951. The second-order valence-electron chi connectivity index (χ2n) is 6.33. The van der Waals surface area contributed by atoms with Crippen molar-refractivity contribution in [3.63, 3.8) is 0 Å². The molecule has 2 aromatic rings. The Labute approximate surface area is 151 Å². The van der Waals surface area contributed by atoms with Gasteiger partial charge in [-0.05, 0) is 43.2 Å². The molecule has 0 bridgehead atoms. The molecule has 0 radical (unpaired) electrons. The first-order chi connectivity index (χ1) is 10.8. The van der Waals surface area contributed by atoms with Crippen LogP contribution >= 0.6 is 34.8 Å². The van der Waals surface area contributed by atoms with E-state index in [2.05, 4.69) is 16.8 Å². The molecule has 23 heavy (non-hydrogen) atoms.